The van der Waals surface area contributed by atoms with Crippen molar-refractivity contribution in [3.63, 3.8) is 0 Å². The van der Waals surface area contributed by atoms with Crippen molar-refractivity contribution in [2.75, 3.05) is 11.5 Å². The second-order valence-corrected chi connectivity index (χ2v) is 5.21. The summed E-state index contributed by atoms with van der Waals surface area (Å²) in [5.41, 5.74) is 15.1. The molecule has 2 heteroatoms. The minimum absolute atomic E-state index is 0.780. The van der Waals surface area contributed by atoms with Gasteiger partial charge in [-0.3, -0.25) is 0 Å². The molecule has 2 aromatic rings. The van der Waals surface area contributed by atoms with Crippen LogP contribution in [0.15, 0.2) is 97.1 Å². The van der Waals surface area contributed by atoms with Crippen molar-refractivity contribution in [2.45, 2.75) is 0 Å². The number of anilines is 2. The first kappa shape index (κ1) is 17.1. The molecule has 4 N–H and O–H groups in total. The van der Waals surface area contributed by atoms with Crippen LogP contribution in [0.5, 0.6) is 0 Å². The second-order valence-electron chi connectivity index (χ2n) is 5.21. The van der Waals surface area contributed by atoms with E-state index >= 15 is 0 Å². The Morgan fingerprint density at radius 1 is 0.417 bits per heavy atom. The normalized spacial score (nSPS) is 12.5. The molecule has 0 aliphatic heterocycles. The van der Waals surface area contributed by atoms with Crippen molar-refractivity contribution in [1.29, 1.82) is 0 Å². The Labute approximate surface area is 143 Å². The van der Waals surface area contributed by atoms with Crippen LogP contribution in [0.25, 0.3) is 12.2 Å². The average Bonchev–Trinajstić information content (AvgIpc) is 2.60. The van der Waals surface area contributed by atoms with E-state index in [4.69, 9.17) is 11.5 Å². The van der Waals surface area contributed by atoms with Crippen LogP contribution in [0.3, 0.4) is 0 Å². The molecule has 0 amide bonds. The van der Waals surface area contributed by atoms with Crippen LogP contribution in [-0.4, -0.2) is 0 Å². The number of nitrogens with two attached hydrogens (primary N) is 2. The summed E-state index contributed by atoms with van der Waals surface area (Å²) in [6, 6.07) is 15.5. The van der Waals surface area contributed by atoms with Gasteiger partial charge in [0.05, 0.1) is 0 Å². The first-order chi connectivity index (χ1) is 11.7. The lowest BCUT2D eigenvalue weighted by atomic mass is 10.2. The van der Waals surface area contributed by atoms with Gasteiger partial charge in [0, 0.05) is 11.4 Å². The molecule has 0 atom stereocenters. The Bertz CT molecular complexity index is 691. The Morgan fingerprint density at radius 3 is 1.04 bits per heavy atom. The van der Waals surface area contributed by atoms with E-state index in [-0.39, 0.29) is 0 Å². The molecule has 2 aromatic carbocycles. The van der Waals surface area contributed by atoms with Gasteiger partial charge in [-0.1, -0.05) is 85.0 Å². The topological polar surface area (TPSA) is 52.0 Å². The third-order valence-electron chi connectivity index (χ3n) is 3.23. The van der Waals surface area contributed by atoms with Crippen LogP contribution in [0.1, 0.15) is 11.1 Å². The molecule has 2 nitrogen and oxygen atoms in total. The molecule has 0 radical (unpaired) electrons. The summed E-state index contributed by atoms with van der Waals surface area (Å²) >= 11 is 0. The molecule has 0 fully saturated rings. The van der Waals surface area contributed by atoms with Crippen molar-refractivity contribution in [2.24, 2.45) is 0 Å². The van der Waals surface area contributed by atoms with Gasteiger partial charge in [0.15, 0.2) is 0 Å². The van der Waals surface area contributed by atoms with Crippen LogP contribution >= 0.6 is 0 Å². The number of rotatable bonds is 6. The van der Waals surface area contributed by atoms with Crippen LogP contribution < -0.4 is 11.5 Å². The van der Waals surface area contributed by atoms with Crippen LogP contribution in [0.4, 0.5) is 11.4 Å². The highest BCUT2D eigenvalue weighted by Crippen LogP contribution is 2.07. The third-order valence-corrected chi connectivity index (χ3v) is 3.23. The maximum atomic E-state index is 5.65. The standard InChI is InChI=1S/C22H22N2/c23-21-15-11-19(12-16-21)9-7-5-3-1-2-4-6-8-10-20-13-17-22(24)18-14-20/h1-18H,23-24H2/b2-1+,5-3+,6-4+,9-7+,10-8+. The summed E-state index contributed by atoms with van der Waals surface area (Å²) in [5, 5.41) is 0. The summed E-state index contributed by atoms with van der Waals surface area (Å²) in [7, 11) is 0. The van der Waals surface area contributed by atoms with Gasteiger partial charge < -0.3 is 11.5 Å². The van der Waals surface area contributed by atoms with Crippen molar-refractivity contribution in [3.8, 4) is 0 Å². The lowest BCUT2D eigenvalue weighted by Crippen LogP contribution is -1.82. The number of hydrogen-bond donors (Lipinski definition) is 2. The lowest BCUT2D eigenvalue weighted by molar-refractivity contribution is 1.64. The third kappa shape index (κ3) is 6.67. The second kappa shape index (κ2) is 9.70. The SMILES string of the molecule is Nc1ccc(/C=C/C=C/C=C/C=C/C=C/c2ccc(N)cc2)cc1. The zero-order valence-corrected chi connectivity index (χ0v) is 13.5. The summed E-state index contributed by atoms with van der Waals surface area (Å²) in [4.78, 5) is 0. The monoisotopic (exact) mass is 314 g/mol. The summed E-state index contributed by atoms with van der Waals surface area (Å²) in [6.45, 7) is 0. The molecule has 0 unspecified atom stereocenters. The molecule has 0 aliphatic carbocycles. The summed E-state index contributed by atoms with van der Waals surface area (Å²) in [6.07, 6.45) is 20.0. The Morgan fingerprint density at radius 2 is 0.708 bits per heavy atom. The predicted octanol–water partition coefficient (Wildman–Crippen LogP) is 5.25. The van der Waals surface area contributed by atoms with Crippen molar-refractivity contribution in [3.05, 3.63) is 108 Å². The summed E-state index contributed by atoms with van der Waals surface area (Å²) in [5.74, 6) is 0. The largest absolute Gasteiger partial charge is 0.399 e. The molecule has 2 rings (SSSR count). The predicted molar refractivity (Wildman–Crippen MR) is 107 cm³/mol. The molecule has 0 bridgehead atoms. The molecule has 0 aliphatic rings. The molecule has 0 saturated heterocycles. The van der Waals surface area contributed by atoms with Gasteiger partial charge in [0.25, 0.3) is 0 Å². The molecule has 0 spiro atoms. The van der Waals surface area contributed by atoms with Crippen LogP contribution in [0, 0.1) is 0 Å². The molecular formula is C22H22N2. The van der Waals surface area contributed by atoms with E-state index in [1.54, 1.807) is 0 Å². The fourth-order valence-electron chi connectivity index (χ4n) is 1.93. The highest BCUT2D eigenvalue weighted by molar-refractivity contribution is 5.55. The first-order valence-corrected chi connectivity index (χ1v) is 7.80. The van der Waals surface area contributed by atoms with Crippen molar-refractivity contribution < 1.29 is 0 Å². The number of benzene rings is 2. The smallest absolute Gasteiger partial charge is 0.0314 e. The highest BCUT2D eigenvalue weighted by atomic mass is 14.5. The fourth-order valence-corrected chi connectivity index (χ4v) is 1.93. The fraction of sp³-hybridized carbons (Fsp3) is 0. The van der Waals surface area contributed by atoms with Gasteiger partial charge in [0.1, 0.15) is 0 Å². The van der Waals surface area contributed by atoms with E-state index < -0.39 is 0 Å². The zero-order valence-electron chi connectivity index (χ0n) is 13.5. The van der Waals surface area contributed by atoms with E-state index in [1.807, 2.05) is 109 Å². The molecule has 0 saturated carbocycles. The highest BCUT2D eigenvalue weighted by Gasteiger charge is 1.85. The van der Waals surface area contributed by atoms with Gasteiger partial charge in [-0.05, 0) is 35.4 Å². The minimum Gasteiger partial charge on any atom is -0.399 e. The average molecular weight is 314 g/mol. The van der Waals surface area contributed by atoms with Gasteiger partial charge in [-0.25, -0.2) is 0 Å². The maximum Gasteiger partial charge on any atom is 0.0314 e. The number of nitrogen functional groups attached to an aromatic ring is 2. The van der Waals surface area contributed by atoms with Gasteiger partial charge in [-0.2, -0.15) is 0 Å². The lowest BCUT2D eigenvalue weighted by Gasteiger charge is -1.93. The summed E-state index contributed by atoms with van der Waals surface area (Å²) < 4.78 is 0. The molecule has 120 valence electrons. The van der Waals surface area contributed by atoms with E-state index in [2.05, 4.69) is 0 Å². The van der Waals surface area contributed by atoms with E-state index in [0.717, 1.165) is 22.5 Å². The quantitative estimate of drug-likeness (QED) is 0.565. The van der Waals surface area contributed by atoms with Crippen LogP contribution in [-0.2, 0) is 0 Å². The van der Waals surface area contributed by atoms with Crippen LogP contribution in [0.2, 0.25) is 0 Å². The van der Waals surface area contributed by atoms with Gasteiger partial charge in [0.2, 0.25) is 0 Å². The van der Waals surface area contributed by atoms with E-state index in [1.165, 1.54) is 0 Å². The maximum absolute atomic E-state index is 5.65. The Hall–Kier alpha value is -3.26. The molecule has 0 heterocycles. The van der Waals surface area contributed by atoms with Crippen molar-refractivity contribution >= 4 is 23.5 Å². The molecular weight excluding hydrogens is 292 g/mol. The van der Waals surface area contributed by atoms with Gasteiger partial charge >= 0.3 is 0 Å². The Kier molecular flexibility index (Phi) is 6.91. The molecule has 0 aromatic heterocycles. The van der Waals surface area contributed by atoms with E-state index in [0.29, 0.717) is 0 Å². The van der Waals surface area contributed by atoms with E-state index in [9.17, 15) is 0 Å². The first-order valence-electron chi connectivity index (χ1n) is 7.80. The van der Waals surface area contributed by atoms with Crippen molar-refractivity contribution in [1.82, 2.24) is 0 Å². The van der Waals surface area contributed by atoms with Gasteiger partial charge in [-0.15, -0.1) is 0 Å². The molecule has 24 heavy (non-hydrogen) atoms. The number of hydrogen-bond acceptors (Lipinski definition) is 2. The zero-order chi connectivity index (χ0) is 17.0. The minimum atomic E-state index is 0.780. The Balaban J connectivity index is 1.73. The number of allylic oxidation sites excluding steroid dienone is 8.